The summed E-state index contributed by atoms with van der Waals surface area (Å²) in [6.07, 6.45) is 1.65. The molecule has 0 aromatic carbocycles. The van der Waals surface area contributed by atoms with Crippen molar-refractivity contribution in [1.29, 1.82) is 0 Å². The second-order valence-corrected chi connectivity index (χ2v) is 6.37. The summed E-state index contributed by atoms with van der Waals surface area (Å²) >= 11 is 5.03. The zero-order valence-electron chi connectivity index (χ0n) is 8.50. The van der Waals surface area contributed by atoms with Crippen LogP contribution in [0.2, 0.25) is 0 Å². The zero-order chi connectivity index (χ0) is 11.1. The first kappa shape index (κ1) is 11.1. The molecule has 1 fully saturated rings. The first-order chi connectivity index (χ1) is 7.01. The van der Waals surface area contributed by atoms with Gasteiger partial charge in [0.05, 0.1) is 9.33 Å². The van der Waals surface area contributed by atoms with E-state index in [1.165, 1.54) is 0 Å². The van der Waals surface area contributed by atoms with Crippen LogP contribution < -0.4 is 5.73 Å². The molecule has 0 radical (unpaired) electrons. The molecule has 1 aliphatic rings. The normalized spacial score (nSPS) is 17.5. The van der Waals surface area contributed by atoms with Gasteiger partial charge in [-0.25, -0.2) is 0 Å². The molecule has 1 saturated carbocycles. The molecule has 1 aliphatic carbocycles. The van der Waals surface area contributed by atoms with Crippen LogP contribution in [0.3, 0.4) is 0 Å². The lowest BCUT2D eigenvalue weighted by molar-refractivity contribution is -0.132. The van der Waals surface area contributed by atoms with Crippen molar-refractivity contribution in [3.8, 4) is 0 Å². The number of hydrogen-bond acceptors (Lipinski definition) is 3. The van der Waals surface area contributed by atoms with Crippen LogP contribution in [0, 0.1) is 0 Å². The van der Waals surface area contributed by atoms with Crippen LogP contribution in [0.4, 0.5) is 0 Å². The topological polar surface area (TPSA) is 46.3 Å². The van der Waals surface area contributed by atoms with E-state index in [1.54, 1.807) is 23.3 Å². The second-order valence-electron chi connectivity index (χ2n) is 4.08. The Kier molecular flexibility index (Phi) is 2.87. The lowest BCUT2D eigenvalue weighted by atomic mass is 10.2. The van der Waals surface area contributed by atoms with Crippen LogP contribution in [0.25, 0.3) is 0 Å². The van der Waals surface area contributed by atoms with E-state index in [2.05, 4.69) is 15.9 Å². The minimum Gasteiger partial charge on any atom is -0.340 e. The van der Waals surface area contributed by atoms with Gasteiger partial charge in [-0.15, -0.1) is 11.3 Å². The summed E-state index contributed by atoms with van der Waals surface area (Å²) in [4.78, 5) is 13.5. The van der Waals surface area contributed by atoms with Gasteiger partial charge in [0.25, 0.3) is 0 Å². The molecule has 15 heavy (non-hydrogen) atoms. The first-order valence-corrected chi connectivity index (χ1v) is 6.46. The second kappa shape index (κ2) is 3.88. The summed E-state index contributed by atoms with van der Waals surface area (Å²) in [6, 6.07) is 2.03. The SMILES string of the molecule is CN(Cc1csc(Br)c1)C(=O)C1(N)CC1. The highest BCUT2D eigenvalue weighted by Crippen LogP contribution is 2.34. The number of hydrogen-bond donors (Lipinski definition) is 1. The monoisotopic (exact) mass is 288 g/mol. The maximum Gasteiger partial charge on any atom is 0.242 e. The third-order valence-electron chi connectivity index (χ3n) is 2.60. The minimum absolute atomic E-state index is 0.0600. The Balaban J connectivity index is 1.97. The van der Waals surface area contributed by atoms with E-state index in [1.807, 2.05) is 11.4 Å². The van der Waals surface area contributed by atoms with Crippen molar-refractivity contribution in [1.82, 2.24) is 4.90 Å². The minimum atomic E-state index is -0.554. The van der Waals surface area contributed by atoms with E-state index in [0.29, 0.717) is 6.54 Å². The molecule has 0 aliphatic heterocycles. The summed E-state index contributed by atoms with van der Waals surface area (Å²) in [6.45, 7) is 0.639. The molecule has 0 saturated heterocycles. The first-order valence-electron chi connectivity index (χ1n) is 4.79. The molecule has 2 N–H and O–H groups in total. The number of amides is 1. The highest BCUT2D eigenvalue weighted by Gasteiger charge is 2.47. The Hall–Kier alpha value is -0.390. The van der Waals surface area contributed by atoms with Gasteiger partial charge in [0.2, 0.25) is 5.91 Å². The van der Waals surface area contributed by atoms with Gasteiger partial charge >= 0.3 is 0 Å². The maximum atomic E-state index is 11.8. The Morgan fingerprint density at radius 2 is 2.40 bits per heavy atom. The van der Waals surface area contributed by atoms with Gasteiger partial charge in [0.1, 0.15) is 0 Å². The number of halogens is 1. The molecule has 1 amide bonds. The Bertz CT molecular complexity index is 387. The van der Waals surface area contributed by atoms with Crippen molar-refractivity contribution in [2.45, 2.75) is 24.9 Å². The van der Waals surface area contributed by atoms with Crippen molar-refractivity contribution >= 4 is 33.2 Å². The third kappa shape index (κ3) is 2.41. The van der Waals surface area contributed by atoms with Gasteiger partial charge in [-0.05, 0) is 45.8 Å². The van der Waals surface area contributed by atoms with Gasteiger partial charge < -0.3 is 10.6 Å². The largest absolute Gasteiger partial charge is 0.340 e. The predicted molar refractivity (Wildman–Crippen MR) is 64.6 cm³/mol. The van der Waals surface area contributed by atoms with Crippen LogP contribution in [0.5, 0.6) is 0 Å². The average molecular weight is 289 g/mol. The molecule has 1 aromatic heterocycles. The zero-order valence-corrected chi connectivity index (χ0v) is 10.9. The smallest absolute Gasteiger partial charge is 0.242 e. The summed E-state index contributed by atoms with van der Waals surface area (Å²) in [5.74, 6) is 0.0600. The van der Waals surface area contributed by atoms with E-state index < -0.39 is 5.54 Å². The fraction of sp³-hybridized carbons (Fsp3) is 0.500. The number of thiophene rings is 1. The molecule has 0 unspecified atom stereocenters. The van der Waals surface area contributed by atoms with Crippen LogP contribution in [-0.4, -0.2) is 23.4 Å². The molecule has 0 atom stereocenters. The van der Waals surface area contributed by atoms with Crippen molar-refractivity contribution in [3.05, 3.63) is 20.8 Å². The van der Waals surface area contributed by atoms with Crippen LogP contribution >= 0.6 is 27.3 Å². The Morgan fingerprint density at radius 3 is 2.87 bits per heavy atom. The average Bonchev–Trinajstić information content (AvgIpc) is 2.80. The lowest BCUT2D eigenvalue weighted by Crippen LogP contribution is -2.43. The fourth-order valence-electron chi connectivity index (χ4n) is 1.50. The van der Waals surface area contributed by atoms with Gasteiger partial charge in [0, 0.05) is 13.6 Å². The molecular weight excluding hydrogens is 276 g/mol. The number of nitrogens with two attached hydrogens (primary N) is 1. The van der Waals surface area contributed by atoms with Crippen molar-refractivity contribution < 1.29 is 4.79 Å². The number of carbonyl (C=O) groups is 1. The molecule has 1 aromatic rings. The third-order valence-corrected chi connectivity index (χ3v) is 4.16. The van der Waals surface area contributed by atoms with Gasteiger partial charge in [-0.1, -0.05) is 0 Å². The van der Waals surface area contributed by atoms with Crippen molar-refractivity contribution in [2.24, 2.45) is 5.73 Å². The van der Waals surface area contributed by atoms with E-state index in [9.17, 15) is 4.79 Å². The highest BCUT2D eigenvalue weighted by atomic mass is 79.9. The van der Waals surface area contributed by atoms with Crippen molar-refractivity contribution in [3.63, 3.8) is 0 Å². The van der Waals surface area contributed by atoms with E-state index in [0.717, 1.165) is 22.2 Å². The molecule has 2 rings (SSSR count). The number of rotatable bonds is 3. The molecular formula is C10H13BrN2OS. The quantitative estimate of drug-likeness (QED) is 0.924. The summed E-state index contributed by atoms with van der Waals surface area (Å²) in [5, 5.41) is 2.05. The van der Waals surface area contributed by atoms with Crippen LogP contribution in [-0.2, 0) is 11.3 Å². The summed E-state index contributed by atoms with van der Waals surface area (Å²) < 4.78 is 1.09. The molecule has 5 heteroatoms. The molecule has 0 bridgehead atoms. The standard InChI is InChI=1S/C10H13BrN2OS/c1-13(9(14)10(12)2-3-10)5-7-4-8(11)15-6-7/h4,6H,2-3,5,12H2,1H3. The van der Waals surface area contributed by atoms with Gasteiger partial charge in [-0.2, -0.15) is 0 Å². The number of nitrogens with zero attached hydrogens (tertiary/aromatic N) is 1. The van der Waals surface area contributed by atoms with Crippen LogP contribution in [0.1, 0.15) is 18.4 Å². The summed E-state index contributed by atoms with van der Waals surface area (Å²) in [5.41, 5.74) is 6.44. The lowest BCUT2D eigenvalue weighted by Gasteiger charge is -2.20. The number of carbonyl (C=O) groups excluding carboxylic acids is 1. The highest BCUT2D eigenvalue weighted by molar-refractivity contribution is 9.11. The molecule has 3 nitrogen and oxygen atoms in total. The van der Waals surface area contributed by atoms with E-state index >= 15 is 0 Å². The number of likely N-dealkylation sites (N-methyl/N-ethyl adjacent to an activating group) is 1. The predicted octanol–water partition coefficient (Wildman–Crippen LogP) is 1.96. The fourth-order valence-corrected chi connectivity index (χ4v) is 2.70. The Labute approximate surface area is 101 Å². The molecule has 1 heterocycles. The molecule has 0 spiro atoms. The van der Waals surface area contributed by atoms with Gasteiger partial charge in [-0.3, -0.25) is 4.79 Å². The van der Waals surface area contributed by atoms with Crippen LogP contribution in [0.15, 0.2) is 15.2 Å². The van der Waals surface area contributed by atoms with Gasteiger partial charge in [0.15, 0.2) is 0 Å². The van der Waals surface area contributed by atoms with Crippen molar-refractivity contribution in [2.75, 3.05) is 7.05 Å². The van der Waals surface area contributed by atoms with E-state index in [4.69, 9.17) is 5.73 Å². The maximum absolute atomic E-state index is 11.8. The Morgan fingerprint density at radius 1 is 1.73 bits per heavy atom. The summed E-state index contributed by atoms with van der Waals surface area (Å²) in [7, 11) is 1.81. The molecule has 82 valence electrons. The van der Waals surface area contributed by atoms with E-state index in [-0.39, 0.29) is 5.91 Å².